The van der Waals surface area contributed by atoms with Gasteiger partial charge in [-0.2, -0.15) is 0 Å². The van der Waals surface area contributed by atoms with E-state index in [4.69, 9.17) is 10.2 Å². The minimum atomic E-state index is -1.35. The maximum absolute atomic E-state index is 13.6. The Morgan fingerprint density at radius 3 is 2.22 bits per heavy atom. The third-order valence-corrected chi connectivity index (χ3v) is 2.49. The second kappa shape index (κ2) is 4.64. The molecule has 0 heterocycles. The van der Waals surface area contributed by atoms with E-state index in [0.29, 0.717) is 0 Å². The summed E-state index contributed by atoms with van der Waals surface area (Å²) < 4.78 is 13.6. The minimum Gasteiger partial charge on any atom is -0.480 e. The molecule has 1 aromatic rings. The van der Waals surface area contributed by atoms with Crippen LogP contribution in [0.5, 0.6) is 0 Å². The van der Waals surface area contributed by atoms with Gasteiger partial charge in [0.2, 0.25) is 0 Å². The van der Waals surface area contributed by atoms with Crippen molar-refractivity contribution in [2.75, 3.05) is 5.32 Å². The highest BCUT2D eigenvalue weighted by molar-refractivity contribution is 5.90. The van der Waals surface area contributed by atoms with Gasteiger partial charge in [-0.05, 0) is 38.5 Å². The second-order valence-electron chi connectivity index (χ2n) is 4.51. The molecule has 1 aromatic carbocycles. The van der Waals surface area contributed by atoms with Gasteiger partial charge in [-0.3, -0.25) is 0 Å². The van der Waals surface area contributed by atoms with Crippen LogP contribution in [0.15, 0.2) is 12.1 Å². The van der Waals surface area contributed by atoms with Crippen LogP contribution >= 0.6 is 0 Å². The van der Waals surface area contributed by atoms with Crippen LogP contribution in [0.25, 0.3) is 0 Å². The first-order chi connectivity index (χ1) is 8.15. The van der Waals surface area contributed by atoms with Gasteiger partial charge in [0.1, 0.15) is 11.4 Å². The monoisotopic (exact) mass is 255 g/mol. The average molecular weight is 255 g/mol. The molecule has 0 saturated heterocycles. The highest BCUT2D eigenvalue weighted by atomic mass is 19.1. The van der Waals surface area contributed by atoms with Crippen molar-refractivity contribution >= 4 is 17.6 Å². The van der Waals surface area contributed by atoms with Gasteiger partial charge >= 0.3 is 11.9 Å². The number of aromatic carboxylic acids is 1. The summed E-state index contributed by atoms with van der Waals surface area (Å²) in [6.07, 6.45) is 0. The number of benzene rings is 1. The molecule has 6 heteroatoms. The van der Waals surface area contributed by atoms with Crippen molar-refractivity contribution < 1.29 is 24.2 Å². The molecule has 0 bridgehead atoms. The lowest BCUT2D eigenvalue weighted by molar-refractivity contribution is -0.141. The summed E-state index contributed by atoms with van der Waals surface area (Å²) in [5, 5.41) is 20.4. The fourth-order valence-corrected chi connectivity index (χ4v) is 1.50. The van der Waals surface area contributed by atoms with Crippen LogP contribution in [0, 0.1) is 12.7 Å². The molecule has 0 fully saturated rings. The Kier molecular flexibility index (Phi) is 3.59. The summed E-state index contributed by atoms with van der Waals surface area (Å²) >= 11 is 0. The molecular weight excluding hydrogens is 241 g/mol. The number of rotatable bonds is 4. The molecule has 0 aromatic heterocycles. The van der Waals surface area contributed by atoms with Crippen LogP contribution in [0.4, 0.5) is 10.1 Å². The van der Waals surface area contributed by atoms with Crippen molar-refractivity contribution in [3.63, 3.8) is 0 Å². The largest absolute Gasteiger partial charge is 0.480 e. The number of aryl methyl sites for hydroxylation is 1. The third-order valence-electron chi connectivity index (χ3n) is 2.49. The number of hydrogen-bond acceptors (Lipinski definition) is 3. The van der Waals surface area contributed by atoms with Gasteiger partial charge in [-0.25, -0.2) is 14.0 Å². The van der Waals surface area contributed by atoms with E-state index in [-0.39, 0.29) is 11.3 Å². The van der Waals surface area contributed by atoms with E-state index >= 15 is 0 Å². The zero-order chi connectivity index (χ0) is 14.1. The van der Waals surface area contributed by atoms with Gasteiger partial charge < -0.3 is 15.5 Å². The Hall–Kier alpha value is -2.11. The lowest BCUT2D eigenvalue weighted by Gasteiger charge is -2.23. The molecule has 0 spiro atoms. The van der Waals surface area contributed by atoms with Gasteiger partial charge in [0.05, 0.1) is 5.56 Å². The average Bonchev–Trinajstić information content (AvgIpc) is 2.13. The predicted octanol–water partition coefficient (Wildman–Crippen LogP) is 2.11. The number of carboxylic acid groups (broad SMARTS) is 2. The van der Waals surface area contributed by atoms with E-state index in [1.165, 1.54) is 26.8 Å². The van der Waals surface area contributed by atoms with Gasteiger partial charge in [-0.1, -0.05) is 0 Å². The Bertz CT molecular complexity index is 488. The molecule has 98 valence electrons. The van der Waals surface area contributed by atoms with Crippen LogP contribution < -0.4 is 5.32 Å². The van der Waals surface area contributed by atoms with Crippen molar-refractivity contribution in [1.82, 2.24) is 0 Å². The van der Waals surface area contributed by atoms with Crippen LogP contribution in [0.3, 0.4) is 0 Å². The number of hydrogen-bond donors (Lipinski definition) is 3. The van der Waals surface area contributed by atoms with E-state index in [9.17, 15) is 14.0 Å². The number of halogens is 1. The number of carbonyl (C=O) groups is 2. The Labute approximate surface area is 103 Å². The molecule has 0 radical (unpaired) electrons. The van der Waals surface area contributed by atoms with E-state index in [1.807, 2.05) is 0 Å². The summed E-state index contributed by atoms with van der Waals surface area (Å²) in [5.41, 5.74) is -1.23. The zero-order valence-corrected chi connectivity index (χ0v) is 10.2. The van der Waals surface area contributed by atoms with Crippen LogP contribution in [-0.2, 0) is 4.79 Å². The summed E-state index contributed by atoms with van der Waals surface area (Å²) in [7, 11) is 0. The van der Waals surface area contributed by atoms with Gasteiger partial charge in [0.15, 0.2) is 0 Å². The van der Waals surface area contributed by atoms with Crippen molar-refractivity contribution in [2.24, 2.45) is 0 Å². The standard InChI is InChI=1S/C12H14FNO4/c1-6-4-7(14-12(2,3)11(17)18)5-8(13)9(6)10(15)16/h4-5,14H,1-3H3,(H,15,16)(H,17,18). The van der Waals surface area contributed by atoms with Gasteiger partial charge in [0.25, 0.3) is 0 Å². The fraction of sp³-hybridized carbons (Fsp3) is 0.333. The summed E-state index contributed by atoms with van der Waals surface area (Å²) in [5.74, 6) is -3.34. The van der Waals surface area contributed by atoms with E-state index < -0.39 is 28.9 Å². The maximum atomic E-state index is 13.6. The first kappa shape index (κ1) is 14.0. The fourth-order valence-electron chi connectivity index (χ4n) is 1.50. The van der Waals surface area contributed by atoms with Crippen LogP contribution in [0.1, 0.15) is 29.8 Å². The summed E-state index contributed by atoms with van der Waals surface area (Å²) in [6.45, 7) is 4.30. The van der Waals surface area contributed by atoms with Crippen molar-refractivity contribution in [3.8, 4) is 0 Å². The summed E-state index contributed by atoms with van der Waals surface area (Å²) in [4.78, 5) is 21.7. The highest BCUT2D eigenvalue weighted by Crippen LogP contribution is 2.22. The Morgan fingerprint density at radius 1 is 1.28 bits per heavy atom. The van der Waals surface area contributed by atoms with Crippen molar-refractivity contribution in [3.05, 3.63) is 29.1 Å². The second-order valence-corrected chi connectivity index (χ2v) is 4.51. The molecule has 0 amide bonds. The molecule has 0 saturated carbocycles. The molecular formula is C12H14FNO4. The topological polar surface area (TPSA) is 86.6 Å². The molecule has 5 nitrogen and oxygen atoms in total. The van der Waals surface area contributed by atoms with Crippen LogP contribution in [0.2, 0.25) is 0 Å². The van der Waals surface area contributed by atoms with Crippen molar-refractivity contribution in [1.29, 1.82) is 0 Å². The number of aliphatic carboxylic acids is 1. The maximum Gasteiger partial charge on any atom is 0.338 e. The van der Waals surface area contributed by atoms with Gasteiger partial charge in [-0.15, -0.1) is 0 Å². The molecule has 3 N–H and O–H groups in total. The molecule has 0 aliphatic rings. The summed E-state index contributed by atoms with van der Waals surface area (Å²) in [6, 6.07) is 2.37. The normalized spacial score (nSPS) is 11.1. The first-order valence-corrected chi connectivity index (χ1v) is 5.20. The Balaban J connectivity index is 3.16. The molecule has 18 heavy (non-hydrogen) atoms. The van der Waals surface area contributed by atoms with E-state index in [1.54, 1.807) is 0 Å². The SMILES string of the molecule is Cc1cc(NC(C)(C)C(=O)O)cc(F)c1C(=O)O. The number of carboxylic acids is 2. The molecule has 0 unspecified atom stereocenters. The third kappa shape index (κ3) is 2.77. The highest BCUT2D eigenvalue weighted by Gasteiger charge is 2.27. The lowest BCUT2D eigenvalue weighted by atomic mass is 10.0. The lowest BCUT2D eigenvalue weighted by Crippen LogP contribution is -2.40. The molecule has 1 rings (SSSR count). The first-order valence-electron chi connectivity index (χ1n) is 5.20. The van der Waals surface area contributed by atoms with E-state index in [0.717, 1.165) is 6.07 Å². The number of anilines is 1. The zero-order valence-electron chi connectivity index (χ0n) is 10.2. The van der Waals surface area contributed by atoms with Gasteiger partial charge in [0, 0.05) is 5.69 Å². The smallest absolute Gasteiger partial charge is 0.338 e. The molecule has 0 aliphatic carbocycles. The van der Waals surface area contributed by atoms with Crippen LogP contribution in [-0.4, -0.2) is 27.7 Å². The van der Waals surface area contributed by atoms with Crippen molar-refractivity contribution in [2.45, 2.75) is 26.3 Å². The predicted molar refractivity (Wildman–Crippen MR) is 63.4 cm³/mol. The van der Waals surface area contributed by atoms with E-state index in [2.05, 4.69) is 5.32 Å². The Morgan fingerprint density at radius 2 is 1.83 bits per heavy atom. The quantitative estimate of drug-likeness (QED) is 0.767. The minimum absolute atomic E-state index is 0.224. The number of nitrogens with one attached hydrogen (secondary N) is 1. The molecule has 0 atom stereocenters. The molecule has 0 aliphatic heterocycles.